The van der Waals surface area contributed by atoms with Gasteiger partial charge in [0.25, 0.3) is 0 Å². The first-order valence-corrected chi connectivity index (χ1v) is 9.30. The number of nitrogens with two attached hydrogens (primary N) is 1. The van der Waals surface area contributed by atoms with Crippen molar-refractivity contribution in [3.63, 3.8) is 0 Å². The van der Waals surface area contributed by atoms with Crippen molar-refractivity contribution in [2.75, 3.05) is 38.4 Å². The molecule has 2 aromatic heterocycles. The number of rotatable bonds is 7. The van der Waals surface area contributed by atoms with Gasteiger partial charge in [0.05, 0.1) is 30.5 Å². The van der Waals surface area contributed by atoms with Crippen LogP contribution in [0.4, 0.5) is 16.2 Å². The van der Waals surface area contributed by atoms with E-state index in [2.05, 4.69) is 20.4 Å². The van der Waals surface area contributed by atoms with Crippen LogP contribution in [0, 0.1) is 5.82 Å². The molecule has 2 aromatic carbocycles. The second kappa shape index (κ2) is 8.34. The van der Waals surface area contributed by atoms with E-state index in [1.807, 2.05) is 24.3 Å². The molecule has 0 unspecified atom stereocenters. The largest absolute Gasteiger partial charge is 0.497 e. The number of nitrogen functional groups attached to an aromatic ring is 1. The second-order valence-electron chi connectivity index (χ2n) is 6.52. The summed E-state index contributed by atoms with van der Waals surface area (Å²) >= 11 is 0. The Balaban J connectivity index is 1.88. The summed E-state index contributed by atoms with van der Waals surface area (Å²) in [7, 11) is 3.21. The van der Waals surface area contributed by atoms with Crippen LogP contribution in [0.2, 0.25) is 0 Å². The number of nitrogens with one attached hydrogen (secondary N) is 1. The van der Waals surface area contributed by atoms with Crippen molar-refractivity contribution in [3.05, 3.63) is 54.3 Å². The van der Waals surface area contributed by atoms with Gasteiger partial charge in [-0.3, -0.25) is 0 Å². The number of hydrogen-bond donors (Lipinski definition) is 2. The van der Waals surface area contributed by atoms with Crippen molar-refractivity contribution >= 4 is 22.8 Å². The van der Waals surface area contributed by atoms with Crippen LogP contribution in [0.15, 0.2) is 48.5 Å². The van der Waals surface area contributed by atoms with Gasteiger partial charge in [-0.2, -0.15) is 4.98 Å². The first-order chi connectivity index (χ1) is 14.6. The Hall–Kier alpha value is -3.72. The molecule has 4 aromatic rings. The minimum Gasteiger partial charge on any atom is -0.497 e. The summed E-state index contributed by atoms with van der Waals surface area (Å²) in [5, 5.41) is 8.22. The van der Waals surface area contributed by atoms with Crippen molar-refractivity contribution in [2.45, 2.75) is 0 Å². The molecule has 8 nitrogen and oxygen atoms in total. The molecule has 0 aliphatic heterocycles. The Morgan fingerprint density at radius 3 is 2.60 bits per heavy atom. The summed E-state index contributed by atoms with van der Waals surface area (Å²) in [5.74, 6) is 1.07. The van der Waals surface area contributed by atoms with Gasteiger partial charge in [-0.15, -0.1) is 5.10 Å². The zero-order valence-electron chi connectivity index (χ0n) is 16.6. The van der Waals surface area contributed by atoms with Gasteiger partial charge in [0.15, 0.2) is 5.65 Å². The third-order valence-electron chi connectivity index (χ3n) is 4.57. The highest BCUT2D eigenvalue weighted by atomic mass is 19.1. The minimum atomic E-state index is -0.366. The third-order valence-corrected chi connectivity index (χ3v) is 4.57. The van der Waals surface area contributed by atoms with Crippen LogP contribution in [-0.2, 0) is 4.74 Å². The highest BCUT2D eigenvalue weighted by Crippen LogP contribution is 2.33. The Bertz CT molecular complexity index is 1180. The quantitative estimate of drug-likeness (QED) is 0.453. The lowest BCUT2D eigenvalue weighted by Gasteiger charge is -2.08. The van der Waals surface area contributed by atoms with Crippen LogP contribution in [0.3, 0.4) is 0 Å². The van der Waals surface area contributed by atoms with Gasteiger partial charge in [-0.25, -0.2) is 14.1 Å². The maximum absolute atomic E-state index is 13.9. The smallest absolute Gasteiger partial charge is 0.225 e. The van der Waals surface area contributed by atoms with Gasteiger partial charge >= 0.3 is 0 Å². The van der Waals surface area contributed by atoms with Crippen molar-refractivity contribution < 1.29 is 13.9 Å². The predicted molar refractivity (Wildman–Crippen MR) is 113 cm³/mol. The van der Waals surface area contributed by atoms with E-state index in [1.54, 1.807) is 31.0 Å². The Morgan fingerprint density at radius 2 is 1.90 bits per heavy atom. The summed E-state index contributed by atoms with van der Waals surface area (Å²) in [6, 6.07) is 13.5. The van der Waals surface area contributed by atoms with Gasteiger partial charge in [0.1, 0.15) is 17.4 Å². The summed E-state index contributed by atoms with van der Waals surface area (Å²) < 4.78 is 25.8. The maximum Gasteiger partial charge on any atom is 0.225 e. The maximum atomic E-state index is 13.9. The van der Waals surface area contributed by atoms with E-state index >= 15 is 0 Å². The number of hydrogen-bond acceptors (Lipinski definition) is 7. The van der Waals surface area contributed by atoms with Crippen LogP contribution in [0.25, 0.3) is 28.0 Å². The SMILES string of the molecule is COCCNc1nc(-c2cccc(F)c2)c2c(N)n(-c3ccc(OC)cc3)nc2n1. The summed E-state index contributed by atoms with van der Waals surface area (Å²) in [5.41, 5.74) is 8.66. The number of ether oxygens (including phenoxy) is 2. The van der Waals surface area contributed by atoms with Crippen LogP contribution in [-0.4, -0.2) is 47.1 Å². The number of methoxy groups -OCH3 is 2. The third kappa shape index (κ3) is 3.74. The van der Waals surface area contributed by atoms with Gasteiger partial charge in [0, 0.05) is 19.2 Å². The molecule has 3 N–H and O–H groups in total. The Kier molecular flexibility index (Phi) is 5.44. The molecule has 154 valence electrons. The van der Waals surface area contributed by atoms with E-state index in [-0.39, 0.29) is 5.82 Å². The molecule has 0 saturated carbocycles. The Morgan fingerprint density at radius 1 is 1.10 bits per heavy atom. The zero-order chi connectivity index (χ0) is 21.1. The van der Waals surface area contributed by atoms with E-state index in [9.17, 15) is 4.39 Å². The lowest BCUT2D eigenvalue weighted by molar-refractivity contribution is 0.210. The predicted octanol–water partition coefficient (Wildman–Crippen LogP) is 3.27. The van der Waals surface area contributed by atoms with Crippen LogP contribution in [0.1, 0.15) is 0 Å². The molecule has 30 heavy (non-hydrogen) atoms. The number of nitrogens with zero attached hydrogens (tertiary/aromatic N) is 4. The number of anilines is 2. The molecule has 0 aliphatic carbocycles. The van der Waals surface area contributed by atoms with Crippen molar-refractivity contribution in [3.8, 4) is 22.7 Å². The lowest BCUT2D eigenvalue weighted by Crippen LogP contribution is -2.10. The molecular weight excluding hydrogens is 387 g/mol. The van der Waals surface area contributed by atoms with Gasteiger partial charge in [-0.1, -0.05) is 12.1 Å². The second-order valence-corrected chi connectivity index (χ2v) is 6.52. The highest BCUT2D eigenvalue weighted by molar-refractivity contribution is 5.99. The van der Waals surface area contributed by atoms with Crippen molar-refractivity contribution in [1.29, 1.82) is 0 Å². The fourth-order valence-corrected chi connectivity index (χ4v) is 3.12. The molecule has 2 heterocycles. The van der Waals surface area contributed by atoms with Crippen LogP contribution >= 0.6 is 0 Å². The molecule has 0 atom stereocenters. The number of benzene rings is 2. The Labute approximate surface area is 172 Å². The van der Waals surface area contributed by atoms with E-state index < -0.39 is 0 Å². The van der Waals surface area contributed by atoms with Crippen LogP contribution in [0.5, 0.6) is 5.75 Å². The normalized spacial score (nSPS) is 11.0. The molecule has 0 amide bonds. The molecule has 0 fully saturated rings. The molecule has 9 heteroatoms. The van der Waals surface area contributed by atoms with Gasteiger partial charge < -0.3 is 20.5 Å². The number of halogens is 1. The van der Waals surface area contributed by atoms with E-state index in [4.69, 9.17) is 15.2 Å². The van der Waals surface area contributed by atoms with Gasteiger partial charge in [0.2, 0.25) is 5.95 Å². The minimum absolute atomic E-state index is 0.359. The number of fused-ring (bicyclic) bond motifs is 1. The molecule has 0 spiro atoms. The van der Waals surface area contributed by atoms with Gasteiger partial charge in [-0.05, 0) is 36.4 Å². The molecule has 0 aliphatic rings. The standard InChI is InChI=1S/C21H21FN6O2/c1-29-11-10-24-21-25-18(13-4-3-5-14(22)12-13)17-19(23)28(27-20(17)26-21)15-6-8-16(30-2)9-7-15/h3-9,12H,10-11,23H2,1-2H3,(H,24,26,27). The summed E-state index contributed by atoms with van der Waals surface area (Å²) in [6.07, 6.45) is 0. The molecule has 0 saturated heterocycles. The van der Waals surface area contributed by atoms with E-state index in [1.165, 1.54) is 12.1 Å². The first kappa shape index (κ1) is 19.6. The monoisotopic (exact) mass is 408 g/mol. The lowest BCUT2D eigenvalue weighted by atomic mass is 10.1. The average Bonchev–Trinajstić information content (AvgIpc) is 3.10. The fourth-order valence-electron chi connectivity index (χ4n) is 3.12. The van der Waals surface area contributed by atoms with Crippen molar-refractivity contribution in [2.24, 2.45) is 0 Å². The van der Waals surface area contributed by atoms with Crippen LogP contribution < -0.4 is 15.8 Å². The zero-order valence-corrected chi connectivity index (χ0v) is 16.6. The van der Waals surface area contributed by atoms with E-state index in [0.717, 1.165) is 11.4 Å². The summed E-state index contributed by atoms with van der Waals surface area (Å²) in [6.45, 7) is 0.998. The molecular formula is C21H21FN6O2. The average molecular weight is 408 g/mol. The first-order valence-electron chi connectivity index (χ1n) is 9.30. The fraction of sp³-hybridized carbons (Fsp3) is 0.190. The van der Waals surface area contributed by atoms with Crippen molar-refractivity contribution in [1.82, 2.24) is 19.7 Å². The number of aromatic nitrogens is 4. The molecule has 4 rings (SSSR count). The van der Waals surface area contributed by atoms with E-state index in [0.29, 0.717) is 47.2 Å². The molecule has 0 radical (unpaired) electrons. The molecule has 0 bridgehead atoms. The summed E-state index contributed by atoms with van der Waals surface area (Å²) in [4.78, 5) is 9.07. The highest BCUT2D eigenvalue weighted by Gasteiger charge is 2.19. The topological polar surface area (TPSA) is 100 Å².